The predicted octanol–water partition coefficient (Wildman–Crippen LogP) is 2.51. The SMILES string of the molecule is Cc1ccc(C(C)NC(=O)c2cccc(S(=O)(=O)N3CCOCC3)c2)cc1. The number of hydrogen-bond acceptors (Lipinski definition) is 4. The number of nitrogens with one attached hydrogen (secondary N) is 1. The molecule has 1 heterocycles. The minimum atomic E-state index is -3.63. The van der Waals surface area contributed by atoms with Crippen LogP contribution in [0.15, 0.2) is 53.4 Å². The van der Waals surface area contributed by atoms with E-state index in [0.717, 1.165) is 11.1 Å². The molecule has 1 atom stereocenters. The van der Waals surface area contributed by atoms with Gasteiger partial charge in [-0.05, 0) is 37.6 Å². The highest BCUT2D eigenvalue weighted by atomic mass is 32.2. The number of carbonyl (C=O) groups is 1. The van der Waals surface area contributed by atoms with Gasteiger partial charge in [0.1, 0.15) is 0 Å². The van der Waals surface area contributed by atoms with E-state index in [2.05, 4.69) is 5.32 Å². The van der Waals surface area contributed by atoms with E-state index in [-0.39, 0.29) is 16.8 Å². The molecule has 7 heteroatoms. The Hall–Kier alpha value is -2.22. The Kier molecular flexibility index (Phi) is 5.94. The number of ether oxygens (including phenoxy) is 1. The quantitative estimate of drug-likeness (QED) is 0.854. The monoisotopic (exact) mass is 388 g/mol. The Morgan fingerprint density at radius 2 is 1.78 bits per heavy atom. The zero-order valence-electron chi connectivity index (χ0n) is 15.5. The summed E-state index contributed by atoms with van der Waals surface area (Å²) in [5, 5.41) is 2.92. The van der Waals surface area contributed by atoms with Crippen LogP contribution in [0.2, 0.25) is 0 Å². The molecule has 0 saturated carbocycles. The van der Waals surface area contributed by atoms with E-state index in [1.807, 2.05) is 38.1 Å². The molecule has 6 nitrogen and oxygen atoms in total. The first-order valence-electron chi connectivity index (χ1n) is 8.93. The summed E-state index contributed by atoms with van der Waals surface area (Å²) in [7, 11) is -3.63. The second-order valence-electron chi connectivity index (χ2n) is 6.65. The van der Waals surface area contributed by atoms with E-state index in [9.17, 15) is 13.2 Å². The number of aryl methyl sites for hydroxylation is 1. The molecule has 2 aromatic carbocycles. The van der Waals surface area contributed by atoms with Gasteiger partial charge in [0.2, 0.25) is 10.0 Å². The first-order valence-corrected chi connectivity index (χ1v) is 10.4. The second kappa shape index (κ2) is 8.21. The van der Waals surface area contributed by atoms with Crippen LogP contribution in [0.25, 0.3) is 0 Å². The summed E-state index contributed by atoms with van der Waals surface area (Å²) in [5.41, 5.74) is 2.47. The molecule has 2 aromatic rings. The predicted molar refractivity (Wildman–Crippen MR) is 103 cm³/mol. The molecular formula is C20H24N2O4S. The van der Waals surface area contributed by atoms with Crippen molar-refractivity contribution in [3.63, 3.8) is 0 Å². The Morgan fingerprint density at radius 3 is 2.44 bits per heavy atom. The van der Waals surface area contributed by atoms with Crippen molar-refractivity contribution in [3.8, 4) is 0 Å². The smallest absolute Gasteiger partial charge is 0.251 e. The highest BCUT2D eigenvalue weighted by Crippen LogP contribution is 2.19. The fourth-order valence-corrected chi connectivity index (χ4v) is 4.41. The Morgan fingerprint density at radius 1 is 1.11 bits per heavy atom. The van der Waals surface area contributed by atoms with Gasteiger partial charge < -0.3 is 10.1 Å². The minimum Gasteiger partial charge on any atom is -0.379 e. The number of hydrogen-bond donors (Lipinski definition) is 1. The van der Waals surface area contributed by atoms with Crippen molar-refractivity contribution in [1.29, 1.82) is 0 Å². The van der Waals surface area contributed by atoms with E-state index in [0.29, 0.717) is 31.9 Å². The molecule has 1 aliphatic rings. The number of rotatable bonds is 5. The maximum atomic E-state index is 12.8. The molecule has 1 aliphatic heterocycles. The second-order valence-corrected chi connectivity index (χ2v) is 8.59. The van der Waals surface area contributed by atoms with E-state index in [1.54, 1.807) is 12.1 Å². The summed E-state index contributed by atoms with van der Waals surface area (Å²) in [6.07, 6.45) is 0. The van der Waals surface area contributed by atoms with Gasteiger partial charge in [-0.1, -0.05) is 35.9 Å². The third-order valence-electron chi connectivity index (χ3n) is 4.63. The zero-order chi connectivity index (χ0) is 19.4. The van der Waals surface area contributed by atoms with E-state index in [1.165, 1.54) is 16.4 Å². The fraction of sp³-hybridized carbons (Fsp3) is 0.350. The standard InChI is InChI=1S/C20H24N2O4S/c1-15-6-8-17(9-7-15)16(2)21-20(23)18-4-3-5-19(14-18)27(24,25)22-10-12-26-13-11-22/h3-9,14,16H,10-13H2,1-2H3,(H,21,23). The number of amides is 1. The van der Waals surface area contributed by atoms with Crippen molar-refractivity contribution < 1.29 is 17.9 Å². The largest absolute Gasteiger partial charge is 0.379 e. The van der Waals surface area contributed by atoms with Gasteiger partial charge in [-0.3, -0.25) is 4.79 Å². The number of morpholine rings is 1. The van der Waals surface area contributed by atoms with E-state index >= 15 is 0 Å². The van der Waals surface area contributed by atoms with Crippen molar-refractivity contribution >= 4 is 15.9 Å². The van der Waals surface area contributed by atoms with Gasteiger partial charge in [0.15, 0.2) is 0 Å². The molecule has 0 bridgehead atoms. The average molecular weight is 388 g/mol. The lowest BCUT2D eigenvalue weighted by molar-refractivity contribution is 0.0730. The van der Waals surface area contributed by atoms with Crippen LogP contribution in [0.4, 0.5) is 0 Å². The molecular weight excluding hydrogens is 364 g/mol. The summed E-state index contributed by atoms with van der Waals surface area (Å²) in [5.74, 6) is -0.304. The van der Waals surface area contributed by atoms with Crippen molar-refractivity contribution in [2.24, 2.45) is 0 Å². The normalized spacial score (nSPS) is 16.7. The van der Waals surface area contributed by atoms with Gasteiger partial charge in [0.05, 0.1) is 24.2 Å². The summed E-state index contributed by atoms with van der Waals surface area (Å²) in [6.45, 7) is 5.32. The highest BCUT2D eigenvalue weighted by molar-refractivity contribution is 7.89. The number of carbonyl (C=O) groups excluding carboxylic acids is 1. The number of sulfonamides is 1. The highest BCUT2D eigenvalue weighted by Gasteiger charge is 2.27. The molecule has 3 rings (SSSR count). The van der Waals surface area contributed by atoms with Crippen LogP contribution in [0.3, 0.4) is 0 Å². The summed E-state index contributed by atoms with van der Waals surface area (Å²) in [6, 6.07) is 13.9. The Balaban J connectivity index is 1.76. The summed E-state index contributed by atoms with van der Waals surface area (Å²) >= 11 is 0. The lowest BCUT2D eigenvalue weighted by atomic mass is 10.1. The van der Waals surface area contributed by atoms with Crippen LogP contribution in [0, 0.1) is 6.92 Å². The van der Waals surface area contributed by atoms with Crippen LogP contribution < -0.4 is 5.32 Å². The Labute approximate surface area is 160 Å². The van der Waals surface area contributed by atoms with Gasteiger partial charge >= 0.3 is 0 Å². The van der Waals surface area contributed by atoms with E-state index < -0.39 is 10.0 Å². The molecule has 1 saturated heterocycles. The molecule has 0 radical (unpaired) electrons. The summed E-state index contributed by atoms with van der Waals surface area (Å²) < 4.78 is 32.2. The fourth-order valence-electron chi connectivity index (χ4n) is 2.95. The molecule has 27 heavy (non-hydrogen) atoms. The first-order chi connectivity index (χ1) is 12.9. The van der Waals surface area contributed by atoms with Crippen molar-refractivity contribution in [1.82, 2.24) is 9.62 Å². The lowest BCUT2D eigenvalue weighted by Crippen LogP contribution is -2.40. The number of benzene rings is 2. The van der Waals surface area contributed by atoms with Crippen LogP contribution in [-0.4, -0.2) is 44.9 Å². The molecule has 0 spiro atoms. The maximum absolute atomic E-state index is 12.8. The van der Waals surface area contributed by atoms with E-state index in [4.69, 9.17) is 4.74 Å². The van der Waals surface area contributed by atoms with Crippen molar-refractivity contribution in [2.75, 3.05) is 26.3 Å². The zero-order valence-corrected chi connectivity index (χ0v) is 16.3. The maximum Gasteiger partial charge on any atom is 0.251 e. The molecule has 0 aliphatic carbocycles. The molecule has 1 unspecified atom stereocenters. The van der Waals surface area contributed by atoms with Gasteiger partial charge in [-0.15, -0.1) is 0 Å². The first kappa shape index (κ1) is 19.5. The molecule has 1 N–H and O–H groups in total. The van der Waals surface area contributed by atoms with Gasteiger partial charge in [-0.25, -0.2) is 8.42 Å². The van der Waals surface area contributed by atoms with Crippen LogP contribution >= 0.6 is 0 Å². The third kappa shape index (κ3) is 4.55. The summed E-state index contributed by atoms with van der Waals surface area (Å²) in [4.78, 5) is 12.7. The average Bonchev–Trinajstić information content (AvgIpc) is 2.69. The molecule has 0 aromatic heterocycles. The van der Waals surface area contributed by atoms with Gasteiger partial charge in [-0.2, -0.15) is 4.31 Å². The Bertz CT molecular complexity index is 904. The minimum absolute atomic E-state index is 0.125. The van der Waals surface area contributed by atoms with Gasteiger partial charge in [0.25, 0.3) is 5.91 Å². The van der Waals surface area contributed by atoms with Crippen molar-refractivity contribution in [3.05, 3.63) is 65.2 Å². The van der Waals surface area contributed by atoms with Crippen molar-refractivity contribution in [2.45, 2.75) is 24.8 Å². The molecule has 1 fully saturated rings. The topological polar surface area (TPSA) is 75.7 Å². The van der Waals surface area contributed by atoms with Crippen LogP contribution in [-0.2, 0) is 14.8 Å². The van der Waals surface area contributed by atoms with Crippen LogP contribution in [0.5, 0.6) is 0 Å². The van der Waals surface area contributed by atoms with Gasteiger partial charge in [0, 0.05) is 18.7 Å². The molecule has 1 amide bonds. The number of nitrogens with zero attached hydrogens (tertiary/aromatic N) is 1. The van der Waals surface area contributed by atoms with Crippen LogP contribution in [0.1, 0.15) is 34.5 Å². The lowest BCUT2D eigenvalue weighted by Gasteiger charge is -2.26. The third-order valence-corrected chi connectivity index (χ3v) is 6.52. The molecule has 144 valence electrons.